The van der Waals surface area contributed by atoms with Crippen LogP contribution < -0.4 is 5.73 Å². The van der Waals surface area contributed by atoms with Gasteiger partial charge in [0.2, 0.25) is 5.91 Å². The first-order chi connectivity index (χ1) is 20.0. The molecule has 7 rings (SSSR count). The predicted octanol–water partition coefficient (Wildman–Crippen LogP) is 1.83. The van der Waals surface area contributed by atoms with Crippen LogP contribution in [-0.2, 0) is 20.8 Å². The number of aliphatic carboxylic acids is 1. The summed E-state index contributed by atoms with van der Waals surface area (Å²) in [6.07, 6.45) is 3.96. The summed E-state index contributed by atoms with van der Waals surface area (Å²) in [6.45, 7) is 11.5. The lowest BCUT2D eigenvalue weighted by Crippen LogP contribution is -2.76. The summed E-state index contributed by atoms with van der Waals surface area (Å²) in [6, 6.07) is 6.27. The number of nitrogens with zero attached hydrogens (tertiary/aromatic N) is 4. The highest BCUT2D eigenvalue weighted by Gasteiger charge is 2.59. The van der Waals surface area contributed by atoms with Crippen molar-refractivity contribution in [3.8, 4) is 0 Å². The number of nitrogens with two attached hydrogens (primary N) is 1. The Morgan fingerprint density at radius 2 is 1.90 bits per heavy atom. The third-order valence-electron chi connectivity index (χ3n) is 9.97. The summed E-state index contributed by atoms with van der Waals surface area (Å²) in [5, 5.41) is 19.8. The maximum atomic E-state index is 12.5. The Bertz CT molecular complexity index is 1480. The van der Waals surface area contributed by atoms with Crippen molar-refractivity contribution in [3.05, 3.63) is 47.2 Å². The number of aromatic nitrogens is 1. The zero-order valence-electron chi connectivity index (χ0n) is 24.1. The fourth-order valence-electron chi connectivity index (χ4n) is 7.49. The number of carboxylic acid groups (broad SMARTS) is 1. The van der Waals surface area contributed by atoms with Gasteiger partial charge in [-0.15, -0.1) is 11.3 Å². The molecule has 0 aliphatic carbocycles. The van der Waals surface area contributed by atoms with E-state index >= 15 is 0 Å². The lowest BCUT2D eigenvalue weighted by atomic mass is 9.78. The van der Waals surface area contributed by atoms with Crippen LogP contribution in [0.1, 0.15) is 19.4 Å². The topological polar surface area (TPSA) is 134 Å². The Morgan fingerprint density at radius 1 is 1.21 bits per heavy atom. The molecule has 4 saturated heterocycles. The van der Waals surface area contributed by atoms with Gasteiger partial charge in [-0.2, -0.15) is 0 Å². The molecule has 5 aliphatic rings. The first kappa shape index (κ1) is 29.3. The summed E-state index contributed by atoms with van der Waals surface area (Å²) < 4.78 is 4.11. The standard InChI is InChI=1S/C30H37N5O5S2/c1-18-21(27(29(39)40)33-26(18)25(19(2)36)28(33)38)4-3-15-41-30-32-22-16-20(5-6-23(22)42-30)7-8-34-9-12-35(13-10-34,14-11-34)17-24(31)37/h3-6,16,18-19,25-26,36H,7-15,17H2,1-2H3,(H-2,31,37,39,40)/p+2/t18-,19?,25?,26?,34?,35?/m0/s1. The Hall–Kier alpha value is -2.77. The number of β-lactam (4-membered cyclic amide) rings is 1. The van der Waals surface area contributed by atoms with Crippen LogP contribution in [0, 0.1) is 11.8 Å². The Kier molecular flexibility index (Phi) is 7.72. The van der Waals surface area contributed by atoms with Crippen molar-refractivity contribution in [2.45, 2.75) is 36.8 Å². The van der Waals surface area contributed by atoms with E-state index in [-0.39, 0.29) is 29.5 Å². The predicted molar refractivity (Wildman–Crippen MR) is 161 cm³/mol. The minimum Gasteiger partial charge on any atom is -0.477 e. The summed E-state index contributed by atoms with van der Waals surface area (Å²) >= 11 is 3.27. The molecular formula is C30H39N5O5S2+2. The van der Waals surface area contributed by atoms with Crippen molar-refractivity contribution in [2.24, 2.45) is 17.6 Å². The van der Waals surface area contributed by atoms with Crippen LogP contribution in [0.2, 0.25) is 0 Å². The number of primary amides is 1. The highest BCUT2D eigenvalue weighted by atomic mass is 32.2. The number of allylic oxidation sites excluding steroid dienone is 1. The van der Waals surface area contributed by atoms with E-state index in [1.165, 1.54) is 10.5 Å². The second kappa shape index (κ2) is 11.1. The SMILES string of the molecule is CC(O)C1C(=O)N2C(C(=O)O)=C(C=CCSc3nc4cc(CC[N+]56CC[N+](CC(N)=O)(CC5)CC6)ccc4s3)[C@H](C)C12. The number of thioether (sulfide) groups is 1. The summed E-state index contributed by atoms with van der Waals surface area (Å²) in [5.41, 5.74) is 8.48. The van der Waals surface area contributed by atoms with Crippen molar-refractivity contribution in [1.82, 2.24) is 9.88 Å². The van der Waals surface area contributed by atoms with Crippen molar-refractivity contribution in [1.29, 1.82) is 0 Å². The van der Waals surface area contributed by atoms with Gasteiger partial charge in [0, 0.05) is 18.1 Å². The molecule has 224 valence electrons. The van der Waals surface area contributed by atoms with Crippen LogP contribution in [0.15, 0.2) is 46.0 Å². The van der Waals surface area contributed by atoms with E-state index in [0.29, 0.717) is 17.9 Å². The first-order valence-electron chi connectivity index (χ1n) is 14.7. The number of carboxylic acids is 1. The van der Waals surface area contributed by atoms with Crippen LogP contribution in [0.4, 0.5) is 0 Å². The molecule has 1 aromatic carbocycles. The molecule has 12 heteroatoms. The Balaban J connectivity index is 1.06. The lowest BCUT2D eigenvalue weighted by Gasteiger charge is -2.55. The number of hydrogen-bond acceptors (Lipinski definition) is 7. The third kappa shape index (κ3) is 5.17. The normalized spacial score (nSPS) is 31.2. The van der Waals surface area contributed by atoms with Gasteiger partial charge in [-0.3, -0.25) is 9.59 Å². The first-order valence-corrected chi connectivity index (χ1v) is 16.5. The fraction of sp³-hybridized carbons (Fsp3) is 0.533. The number of thiazole rings is 1. The van der Waals surface area contributed by atoms with E-state index in [0.717, 1.165) is 75.8 Å². The molecule has 4 N–H and O–H groups in total. The zero-order chi connectivity index (χ0) is 29.8. The molecule has 2 aromatic rings. The molecule has 0 radical (unpaired) electrons. The summed E-state index contributed by atoms with van der Waals surface area (Å²) in [7, 11) is 0. The van der Waals surface area contributed by atoms with Gasteiger partial charge in [0.15, 0.2) is 10.9 Å². The van der Waals surface area contributed by atoms with Crippen LogP contribution >= 0.6 is 23.1 Å². The lowest BCUT2D eigenvalue weighted by molar-refractivity contribution is -1.08. The number of amides is 2. The molecule has 1 aromatic heterocycles. The average molecular weight is 614 g/mol. The average Bonchev–Trinajstić information content (AvgIpc) is 3.46. The van der Waals surface area contributed by atoms with Gasteiger partial charge in [-0.05, 0) is 30.2 Å². The van der Waals surface area contributed by atoms with Gasteiger partial charge >= 0.3 is 5.97 Å². The number of aliphatic hydroxyl groups is 1. The maximum Gasteiger partial charge on any atom is 0.352 e. The number of piperazine rings is 3. The van der Waals surface area contributed by atoms with E-state index in [9.17, 15) is 24.6 Å². The summed E-state index contributed by atoms with van der Waals surface area (Å²) in [4.78, 5) is 42.3. The van der Waals surface area contributed by atoms with Crippen molar-refractivity contribution in [3.63, 3.8) is 0 Å². The fourth-order valence-corrected chi connectivity index (χ4v) is 9.37. The van der Waals surface area contributed by atoms with Gasteiger partial charge in [-0.1, -0.05) is 36.9 Å². The molecule has 3 unspecified atom stereocenters. The van der Waals surface area contributed by atoms with Crippen molar-refractivity contribution < 1.29 is 33.6 Å². The van der Waals surface area contributed by atoms with Gasteiger partial charge in [0.1, 0.15) is 45.0 Å². The largest absolute Gasteiger partial charge is 0.477 e. The molecule has 4 fully saturated rings. The Morgan fingerprint density at radius 3 is 2.55 bits per heavy atom. The highest BCUT2D eigenvalue weighted by molar-refractivity contribution is 8.01. The van der Waals surface area contributed by atoms with Crippen molar-refractivity contribution >= 4 is 51.1 Å². The molecular weight excluding hydrogens is 574 g/mol. The second-order valence-corrected chi connectivity index (χ2v) is 14.8. The molecule has 5 aliphatic heterocycles. The van der Waals surface area contributed by atoms with Crippen LogP contribution in [0.25, 0.3) is 10.2 Å². The number of aliphatic hydroxyl groups excluding tert-OH is 1. The number of carbonyl (C=O) groups is 3. The van der Waals surface area contributed by atoms with E-state index in [1.54, 1.807) is 30.0 Å². The molecule has 4 atom stereocenters. The minimum atomic E-state index is -1.11. The molecule has 0 spiro atoms. The molecule has 0 saturated carbocycles. The van der Waals surface area contributed by atoms with Gasteiger partial charge in [-0.25, -0.2) is 9.78 Å². The molecule has 10 nitrogen and oxygen atoms in total. The van der Waals surface area contributed by atoms with Crippen LogP contribution in [-0.4, -0.2) is 117 Å². The number of benzene rings is 1. The number of carbonyl (C=O) groups excluding carboxylic acids is 2. The molecule has 2 amide bonds. The monoisotopic (exact) mass is 613 g/mol. The number of fused-ring (bicyclic) bond motifs is 5. The zero-order valence-corrected chi connectivity index (χ0v) is 25.7. The number of rotatable bonds is 11. The smallest absolute Gasteiger partial charge is 0.352 e. The number of hydrogen-bond donors (Lipinski definition) is 3. The second-order valence-electron chi connectivity index (χ2n) is 12.5. The minimum absolute atomic E-state index is 0.0341. The number of quaternary nitrogens is 2. The van der Waals surface area contributed by atoms with E-state index in [4.69, 9.17) is 10.7 Å². The maximum absolute atomic E-state index is 12.5. The molecule has 2 bridgehead atoms. The van der Waals surface area contributed by atoms with Crippen LogP contribution in [0.5, 0.6) is 0 Å². The third-order valence-corrected chi connectivity index (χ3v) is 12.1. The van der Waals surface area contributed by atoms with Crippen molar-refractivity contribution in [2.75, 3.05) is 58.1 Å². The van der Waals surface area contributed by atoms with Gasteiger partial charge < -0.3 is 29.8 Å². The van der Waals surface area contributed by atoms with Gasteiger partial charge in [0.05, 0.1) is 34.8 Å². The quantitative estimate of drug-likeness (QED) is 0.200. The molecule has 42 heavy (non-hydrogen) atoms. The van der Waals surface area contributed by atoms with E-state index in [1.807, 2.05) is 19.1 Å². The van der Waals surface area contributed by atoms with Gasteiger partial charge in [0.25, 0.3) is 5.91 Å². The van der Waals surface area contributed by atoms with Crippen LogP contribution in [0.3, 0.4) is 0 Å². The Labute approximate surface area is 253 Å². The highest BCUT2D eigenvalue weighted by Crippen LogP contribution is 2.47. The van der Waals surface area contributed by atoms with E-state index < -0.39 is 18.0 Å². The molecule has 6 heterocycles. The summed E-state index contributed by atoms with van der Waals surface area (Å²) in [5.74, 6) is -1.71. The van der Waals surface area contributed by atoms with E-state index in [2.05, 4.69) is 18.2 Å².